The molecule has 7 nitrogen and oxygen atoms in total. The Bertz CT molecular complexity index is 639. The second kappa shape index (κ2) is 7.17. The number of aryl methyl sites for hydroxylation is 1. The molecule has 23 heavy (non-hydrogen) atoms. The van der Waals surface area contributed by atoms with Crippen LogP contribution in [0.2, 0.25) is 0 Å². The summed E-state index contributed by atoms with van der Waals surface area (Å²) >= 11 is 0. The number of amides is 1. The summed E-state index contributed by atoms with van der Waals surface area (Å²) in [5.74, 6) is -0.207. The molecule has 0 aliphatic carbocycles. The number of nitrogens with one attached hydrogen (secondary N) is 1. The normalized spacial score (nSPS) is 15.6. The Morgan fingerprint density at radius 1 is 1.30 bits per heavy atom. The minimum atomic E-state index is -0.198. The van der Waals surface area contributed by atoms with Gasteiger partial charge in [0, 0.05) is 25.6 Å². The summed E-state index contributed by atoms with van der Waals surface area (Å²) in [7, 11) is 0. The Hall–Kier alpha value is -2.51. The van der Waals surface area contributed by atoms with E-state index in [0.717, 1.165) is 25.9 Å². The van der Waals surface area contributed by atoms with Crippen LogP contribution in [0.4, 0.5) is 10.1 Å². The summed E-state index contributed by atoms with van der Waals surface area (Å²) in [5.41, 5.74) is 0.635. The van der Waals surface area contributed by atoms with Crippen LogP contribution in [-0.2, 0) is 11.3 Å². The molecule has 1 aromatic heterocycles. The third-order valence-electron chi connectivity index (χ3n) is 4.01. The van der Waals surface area contributed by atoms with Crippen LogP contribution >= 0.6 is 0 Å². The lowest BCUT2D eigenvalue weighted by atomic mass is 10.0. The number of nitrogens with zero attached hydrogens (tertiary/aromatic N) is 5. The van der Waals surface area contributed by atoms with Gasteiger partial charge in [-0.25, -0.2) is 9.07 Å². The van der Waals surface area contributed by atoms with Gasteiger partial charge >= 0.3 is 0 Å². The van der Waals surface area contributed by atoms with Gasteiger partial charge in [-0.05, 0) is 35.4 Å². The number of rotatable bonds is 5. The fraction of sp³-hybridized carbons (Fsp3) is 0.467. The van der Waals surface area contributed by atoms with E-state index in [1.807, 2.05) is 11.0 Å². The molecule has 0 unspecified atom stereocenters. The number of para-hydroxylation sites is 1. The van der Waals surface area contributed by atoms with Crippen LogP contribution in [0.1, 0.15) is 19.3 Å². The first-order chi connectivity index (χ1) is 11.2. The van der Waals surface area contributed by atoms with Crippen LogP contribution < -0.4 is 10.2 Å². The molecule has 0 saturated carbocycles. The molecule has 1 fully saturated rings. The zero-order valence-electron chi connectivity index (χ0n) is 12.7. The quantitative estimate of drug-likeness (QED) is 0.889. The molecule has 3 rings (SSSR count). The van der Waals surface area contributed by atoms with E-state index in [1.54, 1.807) is 12.1 Å². The summed E-state index contributed by atoms with van der Waals surface area (Å²) in [6.45, 7) is 1.94. The third kappa shape index (κ3) is 4.02. The molecule has 0 bridgehead atoms. The first kappa shape index (κ1) is 15.4. The SMILES string of the molecule is O=C(CCn1cnnn1)NC1CCN(c2ccccc2F)CC1. The number of carbonyl (C=O) groups excluding carboxylic acids is 1. The first-order valence-corrected chi connectivity index (χ1v) is 7.72. The molecule has 0 spiro atoms. The van der Waals surface area contributed by atoms with Gasteiger partial charge in [-0.2, -0.15) is 0 Å². The van der Waals surface area contributed by atoms with Crippen molar-refractivity contribution in [3.8, 4) is 0 Å². The van der Waals surface area contributed by atoms with E-state index >= 15 is 0 Å². The van der Waals surface area contributed by atoms with Gasteiger partial charge in [-0.3, -0.25) is 4.79 Å². The number of piperidine rings is 1. The number of carbonyl (C=O) groups is 1. The summed E-state index contributed by atoms with van der Waals surface area (Å²) in [6, 6.07) is 6.93. The molecule has 2 heterocycles. The number of benzene rings is 1. The second-order valence-electron chi connectivity index (χ2n) is 5.60. The highest BCUT2D eigenvalue weighted by atomic mass is 19.1. The van der Waals surface area contributed by atoms with Gasteiger partial charge in [0.25, 0.3) is 0 Å². The summed E-state index contributed by atoms with van der Waals surface area (Å²) in [5, 5.41) is 13.8. The van der Waals surface area contributed by atoms with Crippen LogP contribution in [0.5, 0.6) is 0 Å². The zero-order valence-corrected chi connectivity index (χ0v) is 12.7. The lowest BCUT2D eigenvalue weighted by molar-refractivity contribution is -0.122. The van der Waals surface area contributed by atoms with E-state index in [1.165, 1.54) is 17.1 Å². The Morgan fingerprint density at radius 2 is 2.09 bits per heavy atom. The van der Waals surface area contributed by atoms with Gasteiger partial charge in [0.05, 0.1) is 12.2 Å². The van der Waals surface area contributed by atoms with Gasteiger partial charge in [-0.1, -0.05) is 12.1 Å². The predicted octanol–water partition coefficient (Wildman–Crippen LogP) is 0.987. The van der Waals surface area contributed by atoms with Crippen molar-refractivity contribution in [1.82, 2.24) is 25.5 Å². The largest absolute Gasteiger partial charge is 0.369 e. The van der Waals surface area contributed by atoms with Gasteiger partial charge in [0.1, 0.15) is 12.1 Å². The van der Waals surface area contributed by atoms with Crippen molar-refractivity contribution in [3.63, 3.8) is 0 Å². The van der Waals surface area contributed by atoms with Gasteiger partial charge < -0.3 is 10.2 Å². The standard InChI is InChI=1S/C15H19FN6O/c16-13-3-1-2-4-14(13)21-8-5-12(6-9-21)18-15(23)7-10-22-11-17-19-20-22/h1-4,11-12H,5-10H2,(H,18,23). The molecule has 1 aliphatic rings. The average Bonchev–Trinajstić information content (AvgIpc) is 3.08. The van der Waals surface area contributed by atoms with Gasteiger partial charge in [0.2, 0.25) is 5.91 Å². The number of halogens is 1. The highest BCUT2D eigenvalue weighted by molar-refractivity contribution is 5.76. The number of hydrogen-bond acceptors (Lipinski definition) is 5. The molecule has 8 heteroatoms. The topological polar surface area (TPSA) is 75.9 Å². The fourth-order valence-corrected chi connectivity index (χ4v) is 2.77. The zero-order chi connectivity index (χ0) is 16.1. The van der Waals surface area contributed by atoms with Crippen molar-refractivity contribution >= 4 is 11.6 Å². The number of hydrogen-bond donors (Lipinski definition) is 1. The van der Waals surface area contributed by atoms with Crippen LogP contribution in [0.25, 0.3) is 0 Å². The Labute approximate surface area is 133 Å². The molecule has 1 N–H and O–H groups in total. The van der Waals surface area contributed by atoms with E-state index < -0.39 is 0 Å². The van der Waals surface area contributed by atoms with E-state index in [2.05, 4.69) is 20.8 Å². The minimum absolute atomic E-state index is 0.00941. The number of tetrazole rings is 1. The molecule has 2 aromatic rings. The van der Waals surface area contributed by atoms with Crippen LogP contribution in [0, 0.1) is 5.82 Å². The average molecular weight is 318 g/mol. The molecule has 0 atom stereocenters. The van der Waals surface area contributed by atoms with Gasteiger partial charge in [0.15, 0.2) is 0 Å². The fourth-order valence-electron chi connectivity index (χ4n) is 2.77. The Balaban J connectivity index is 1.44. The molecule has 122 valence electrons. The highest BCUT2D eigenvalue weighted by Gasteiger charge is 2.22. The lowest BCUT2D eigenvalue weighted by Gasteiger charge is -2.34. The summed E-state index contributed by atoms with van der Waals surface area (Å²) < 4.78 is 15.3. The second-order valence-corrected chi connectivity index (χ2v) is 5.60. The van der Waals surface area contributed by atoms with Crippen molar-refractivity contribution in [2.24, 2.45) is 0 Å². The van der Waals surface area contributed by atoms with E-state index in [4.69, 9.17) is 0 Å². The minimum Gasteiger partial charge on any atom is -0.369 e. The van der Waals surface area contributed by atoms with Gasteiger partial charge in [-0.15, -0.1) is 5.10 Å². The van der Waals surface area contributed by atoms with Crippen molar-refractivity contribution in [1.29, 1.82) is 0 Å². The molecule has 0 radical (unpaired) electrons. The van der Waals surface area contributed by atoms with Crippen LogP contribution in [0.15, 0.2) is 30.6 Å². The smallest absolute Gasteiger partial charge is 0.222 e. The Morgan fingerprint density at radius 3 is 2.78 bits per heavy atom. The van der Waals surface area contributed by atoms with Crippen molar-refractivity contribution < 1.29 is 9.18 Å². The number of aromatic nitrogens is 4. The van der Waals surface area contributed by atoms with E-state index in [9.17, 15) is 9.18 Å². The van der Waals surface area contributed by atoms with Crippen molar-refractivity contribution in [2.45, 2.75) is 31.8 Å². The van der Waals surface area contributed by atoms with E-state index in [-0.39, 0.29) is 17.8 Å². The first-order valence-electron chi connectivity index (χ1n) is 7.72. The van der Waals surface area contributed by atoms with Crippen molar-refractivity contribution in [3.05, 3.63) is 36.4 Å². The maximum absolute atomic E-state index is 13.8. The molecule has 1 aliphatic heterocycles. The molecule has 1 aromatic carbocycles. The lowest BCUT2D eigenvalue weighted by Crippen LogP contribution is -2.45. The predicted molar refractivity (Wildman–Crippen MR) is 82.2 cm³/mol. The molecular weight excluding hydrogens is 299 g/mol. The number of anilines is 1. The molecular formula is C15H19FN6O. The van der Waals surface area contributed by atoms with Crippen LogP contribution in [-0.4, -0.2) is 45.2 Å². The summed E-state index contributed by atoms with van der Waals surface area (Å²) in [4.78, 5) is 14.0. The maximum atomic E-state index is 13.8. The molecule has 1 amide bonds. The monoisotopic (exact) mass is 318 g/mol. The maximum Gasteiger partial charge on any atom is 0.222 e. The van der Waals surface area contributed by atoms with Crippen molar-refractivity contribution in [2.75, 3.05) is 18.0 Å². The van der Waals surface area contributed by atoms with Crippen LogP contribution in [0.3, 0.4) is 0 Å². The highest BCUT2D eigenvalue weighted by Crippen LogP contribution is 2.22. The molecule has 1 saturated heterocycles. The third-order valence-corrected chi connectivity index (χ3v) is 4.01. The van der Waals surface area contributed by atoms with E-state index in [0.29, 0.717) is 18.7 Å². The summed E-state index contributed by atoms with van der Waals surface area (Å²) in [6.07, 6.45) is 3.45. The Kier molecular flexibility index (Phi) is 4.80.